The molecule has 4 aromatic rings. The molecule has 3 aromatic carbocycles. The molecule has 0 bridgehead atoms. The van der Waals surface area contributed by atoms with Crippen LogP contribution in [0.25, 0.3) is 10.9 Å². The van der Waals surface area contributed by atoms with Gasteiger partial charge in [0, 0.05) is 45.9 Å². The van der Waals surface area contributed by atoms with E-state index in [9.17, 15) is 14.9 Å². The number of benzene rings is 3. The third-order valence-electron chi connectivity index (χ3n) is 5.81. The number of carbonyl (C=O) groups excluding carboxylic acids is 1. The SMILES string of the molecule is O=C(c1ccc(Cl)cc1)N1CCc2c([nH]c3ccccc23)C1c1ccc([N+](=O)[O-])cc1. The van der Waals surface area contributed by atoms with E-state index in [1.165, 1.54) is 17.7 Å². The van der Waals surface area contributed by atoms with Crippen molar-refractivity contribution >= 4 is 34.1 Å². The summed E-state index contributed by atoms with van der Waals surface area (Å²) in [6, 6.07) is 21.0. The van der Waals surface area contributed by atoms with Gasteiger partial charge in [0.2, 0.25) is 0 Å². The molecule has 6 nitrogen and oxygen atoms in total. The maximum absolute atomic E-state index is 13.5. The van der Waals surface area contributed by atoms with Gasteiger partial charge in [-0.15, -0.1) is 0 Å². The molecule has 31 heavy (non-hydrogen) atoms. The predicted molar refractivity (Wildman–Crippen MR) is 119 cm³/mol. The number of nitrogens with zero attached hydrogens (tertiary/aromatic N) is 2. The quantitative estimate of drug-likeness (QED) is 0.342. The molecule has 154 valence electrons. The number of non-ortho nitro benzene ring substituents is 1. The Kier molecular flexibility index (Phi) is 4.71. The summed E-state index contributed by atoms with van der Waals surface area (Å²) in [5.74, 6) is -0.107. The highest BCUT2D eigenvalue weighted by Crippen LogP contribution is 2.39. The molecule has 2 heterocycles. The number of aromatic nitrogens is 1. The summed E-state index contributed by atoms with van der Waals surface area (Å²) in [7, 11) is 0. The molecule has 1 aliphatic rings. The molecule has 0 aliphatic carbocycles. The zero-order valence-corrected chi connectivity index (χ0v) is 17.2. The summed E-state index contributed by atoms with van der Waals surface area (Å²) in [5, 5.41) is 12.8. The second-order valence-corrected chi connectivity index (χ2v) is 8.01. The number of amides is 1. The first kappa shape index (κ1) is 19.3. The Labute approximate surface area is 183 Å². The lowest BCUT2D eigenvalue weighted by Gasteiger charge is -2.36. The number of nitro benzene ring substituents is 1. The van der Waals surface area contributed by atoms with Crippen LogP contribution in [0.3, 0.4) is 0 Å². The Morgan fingerprint density at radius 2 is 1.74 bits per heavy atom. The zero-order valence-electron chi connectivity index (χ0n) is 16.4. The smallest absolute Gasteiger partial charge is 0.269 e. The van der Waals surface area contributed by atoms with Crippen LogP contribution in [0, 0.1) is 10.1 Å². The van der Waals surface area contributed by atoms with Gasteiger partial charge in [0.05, 0.1) is 11.0 Å². The van der Waals surface area contributed by atoms with E-state index >= 15 is 0 Å². The summed E-state index contributed by atoms with van der Waals surface area (Å²) in [6.07, 6.45) is 0.724. The lowest BCUT2D eigenvalue weighted by Crippen LogP contribution is -2.40. The van der Waals surface area contributed by atoms with Crippen LogP contribution in [0.15, 0.2) is 72.8 Å². The minimum atomic E-state index is -0.421. The minimum Gasteiger partial charge on any atom is -0.356 e. The largest absolute Gasteiger partial charge is 0.356 e. The van der Waals surface area contributed by atoms with Crippen LogP contribution in [-0.4, -0.2) is 27.3 Å². The number of aromatic amines is 1. The molecule has 1 N–H and O–H groups in total. The summed E-state index contributed by atoms with van der Waals surface area (Å²) in [5.41, 5.74) is 4.53. The first-order valence-corrected chi connectivity index (χ1v) is 10.3. The molecular formula is C24H18ClN3O3. The topological polar surface area (TPSA) is 79.2 Å². The normalized spacial score (nSPS) is 15.6. The van der Waals surface area contributed by atoms with Gasteiger partial charge in [0.15, 0.2) is 0 Å². The fourth-order valence-corrected chi connectivity index (χ4v) is 4.47. The van der Waals surface area contributed by atoms with Crippen LogP contribution in [0.4, 0.5) is 5.69 Å². The molecule has 1 aliphatic heterocycles. The van der Waals surface area contributed by atoms with E-state index in [-0.39, 0.29) is 17.6 Å². The van der Waals surface area contributed by atoms with Crippen LogP contribution in [0.1, 0.15) is 33.2 Å². The number of rotatable bonds is 3. The third kappa shape index (κ3) is 3.35. The highest BCUT2D eigenvalue weighted by Gasteiger charge is 2.35. The molecule has 1 aromatic heterocycles. The number of hydrogen-bond acceptors (Lipinski definition) is 3. The van der Waals surface area contributed by atoms with Crippen molar-refractivity contribution in [1.29, 1.82) is 0 Å². The number of hydrogen-bond donors (Lipinski definition) is 1. The Balaban J connectivity index is 1.64. The van der Waals surface area contributed by atoms with Crippen molar-refractivity contribution in [3.8, 4) is 0 Å². The molecule has 0 spiro atoms. The fraction of sp³-hybridized carbons (Fsp3) is 0.125. The molecule has 5 rings (SSSR count). The molecule has 0 fully saturated rings. The molecule has 1 atom stereocenters. The van der Waals surface area contributed by atoms with Crippen molar-refractivity contribution in [2.75, 3.05) is 6.54 Å². The zero-order chi connectivity index (χ0) is 21.5. The minimum absolute atomic E-state index is 0.0204. The standard InChI is InChI=1S/C24H18ClN3O3/c25-17-9-5-16(6-10-17)24(29)27-14-13-20-19-3-1-2-4-21(19)26-22(20)23(27)15-7-11-18(12-8-15)28(30)31/h1-12,23,26H,13-14H2. The first-order chi connectivity index (χ1) is 15.0. The van der Waals surface area contributed by atoms with Gasteiger partial charge in [-0.05, 0) is 60.0 Å². The van der Waals surface area contributed by atoms with E-state index in [0.29, 0.717) is 17.1 Å². The molecule has 1 amide bonds. The monoisotopic (exact) mass is 431 g/mol. The molecule has 7 heteroatoms. The van der Waals surface area contributed by atoms with E-state index in [2.05, 4.69) is 11.1 Å². The van der Waals surface area contributed by atoms with E-state index < -0.39 is 4.92 Å². The molecule has 0 radical (unpaired) electrons. The molecule has 0 saturated carbocycles. The fourth-order valence-electron chi connectivity index (χ4n) is 4.34. The second-order valence-electron chi connectivity index (χ2n) is 7.57. The van der Waals surface area contributed by atoms with Gasteiger partial charge in [-0.1, -0.05) is 29.8 Å². The Bertz CT molecular complexity index is 1300. The molecule has 0 saturated heterocycles. The average molecular weight is 432 g/mol. The van der Waals surface area contributed by atoms with Gasteiger partial charge in [-0.3, -0.25) is 14.9 Å². The maximum Gasteiger partial charge on any atom is 0.269 e. The number of fused-ring (bicyclic) bond motifs is 3. The van der Waals surface area contributed by atoms with Crippen molar-refractivity contribution in [2.24, 2.45) is 0 Å². The predicted octanol–water partition coefficient (Wildman–Crippen LogP) is 5.52. The van der Waals surface area contributed by atoms with Crippen LogP contribution in [-0.2, 0) is 6.42 Å². The first-order valence-electron chi connectivity index (χ1n) is 9.93. The van der Waals surface area contributed by atoms with Crippen LogP contribution < -0.4 is 0 Å². The third-order valence-corrected chi connectivity index (χ3v) is 6.06. The summed E-state index contributed by atoms with van der Waals surface area (Å²) in [4.78, 5) is 29.5. The van der Waals surface area contributed by atoms with Crippen molar-refractivity contribution in [2.45, 2.75) is 12.5 Å². The van der Waals surface area contributed by atoms with E-state index in [4.69, 9.17) is 11.6 Å². The average Bonchev–Trinajstić information content (AvgIpc) is 3.17. The number of nitrogens with one attached hydrogen (secondary N) is 1. The van der Waals surface area contributed by atoms with Gasteiger partial charge in [0.25, 0.3) is 11.6 Å². The number of nitro groups is 1. The number of carbonyl (C=O) groups is 1. The van der Waals surface area contributed by atoms with Gasteiger partial charge < -0.3 is 9.88 Å². The van der Waals surface area contributed by atoms with Gasteiger partial charge in [-0.25, -0.2) is 0 Å². The van der Waals surface area contributed by atoms with Crippen molar-refractivity contribution in [3.63, 3.8) is 0 Å². The van der Waals surface area contributed by atoms with Gasteiger partial charge in [0.1, 0.15) is 0 Å². The number of H-pyrrole nitrogens is 1. The Morgan fingerprint density at radius 1 is 1.03 bits per heavy atom. The van der Waals surface area contributed by atoms with Crippen LogP contribution >= 0.6 is 11.6 Å². The van der Waals surface area contributed by atoms with Gasteiger partial charge in [-0.2, -0.15) is 0 Å². The lowest BCUT2D eigenvalue weighted by molar-refractivity contribution is -0.384. The van der Waals surface area contributed by atoms with Crippen LogP contribution in [0.2, 0.25) is 5.02 Å². The summed E-state index contributed by atoms with van der Waals surface area (Å²) in [6.45, 7) is 0.540. The van der Waals surface area contributed by atoms with Gasteiger partial charge >= 0.3 is 0 Å². The summed E-state index contributed by atoms with van der Waals surface area (Å²) < 4.78 is 0. The highest BCUT2D eigenvalue weighted by atomic mass is 35.5. The maximum atomic E-state index is 13.5. The number of halogens is 1. The van der Waals surface area contributed by atoms with E-state index in [0.717, 1.165) is 28.6 Å². The number of para-hydroxylation sites is 1. The van der Waals surface area contributed by atoms with E-state index in [1.807, 2.05) is 23.1 Å². The molecular weight excluding hydrogens is 414 g/mol. The Hall–Kier alpha value is -3.64. The highest BCUT2D eigenvalue weighted by molar-refractivity contribution is 6.30. The van der Waals surface area contributed by atoms with Crippen molar-refractivity contribution in [3.05, 3.63) is 110 Å². The van der Waals surface area contributed by atoms with E-state index in [1.54, 1.807) is 36.4 Å². The van der Waals surface area contributed by atoms with Crippen molar-refractivity contribution < 1.29 is 9.72 Å². The Morgan fingerprint density at radius 3 is 2.45 bits per heavy atom. The molecule has 1 unspecified atom stereocenters. The summed E-state index contributed by atoms with van der Waals surface area (Å²) >= 11 is 5.99. The van der Waals surface area contributed by atoms with Crippen LogP contribution in [0.5, 0.6) is 0 Å². The van der Waals surface area contributed by atoms with Crippen molar-refractivity contribution in [1.82, 2.24) is 9.88 Å². The second kappa shape index (κ2) is 7.56. The lowest BCUT2D eigenvalue weighted by atomic mass is 9.91.